The minimum atomic E-state index is -0.500. The van der Waals surface area contributed by atoms with E-state index in [2.05, 4.69) is 17.8 Å². The standard InChI is InChI=1S/C23H19FN2O2.C4H10O.C2H2.CH4O/c1-13-4-5-15-17(12-13)23(28)26(3)19(9-11-27)21(15)16-6-7-18(24)20-14(2)8-10-25-22(16)20;1-4(2,3)5;2*1-2/h4-8,10-12H,9H2,1-3H3;5H,1-3H3;1-2H;2H,1H3. The lowest BCUT2D eigenvalue weighted by molar-refractivity contribution is -0.107. The first-order chi connectivity index (χ1) is 17.4. The van der Waals surface area contributed by atoms with Crippen LogP contribution >= 0.6 is 0 Å². The number of aldehydes is 1. The van der Waals surface area contributed by atoms with Crippen molar-refractivity contribution >= 4 is 28.0 Å². The van der Waals surface area contributed by atoms with Gasteiger partial charge < -0.3 is 19.6 Å². The smallest absolute Gasteiger partial charge is 0.258 e. The molecule has 0 atom stereocenters. The number of aromatic nitrogens is 2. The monoisotopic (exact) mass is 506 g/mol. The summed E-state index contributed by atoms with van der Waals surface area (Å²) < 4.78 is 16.1. The van der Waals surface area contributed by atoms with Crippen molar-refractivity contribution in [3.63, 3.8) is 0 Å². The van der Waals surface area contributed by atoms with Crippen LogP contribution in [0.25, 0.3) is 32.8 Å². The van der Waals surface area contributed by atoms with Gasteiger partial charge in [-0.15, -0.1) is 12.8 Å². The van der Waals surface area contributed by atoms with E-state index in [0.717, 1.165) is 35.5 Å². The summed E-state index contributed by atoms with van der Waals surface area (Å²) in [4.78, 5) is 28.7. The molecule has 0 aliphatic heterocycles. The first kappa shape index (κ1) is 31.2. The quantitative estimate of drug-likeness (QED) is 0.305. The molecule has 7 heteroatoms. The molecule has 196 valence electrons. The third kappa shape index (κ3) is 7.32. The van der Waals surface area contributed by atoms with Crippen LogP contribution in [-0.4, -0.2) is 38.8 Å². The van der Waals surface area contributed by atoms with Gasteiger partial charge >= 0.3 is 0 Å². The zero-order chi connectivity index (χ0) is 28.5. The molecule has 0 radical (unpaired) electrons. The molecule has 4 rings (SSSR count). The summed E-state index contributed by atoms with van der Waals surface area (Å²) in [5, 5.41) is 17.3. The topological polar surface area (TPSA) is 92.4 Å². The van der Waals surface area contributed by atoms with Crippen molar-refractivity contribution in [2.24, 2.45) is 7.05 Å². The number of halogens is 1. The number of hydrogen-bond donors (Lipinski definition) is 2. The largest absolute Gasteiger partial charge is 0.400 e. The van der Waals surface area contributed by atoms with Crippen molar-refractivity contribution in [1.82, 2.24) is 9.55 Å². The molecule has 0 aliphatic carbocycles. The Kier molecular flexibility index (Phi) is 11.3. The molecule has 6 nitrogen and oxygen atoms in total. The number of carbonyl (C=O) groups is 1. The normalized spacial score (nSPS) is 10.4. The number of pyridine rings is 2. The van der Waals surface area contributed by atoms with Gasteiger partial charge in [-0.25, -0.2) is 4.39 Å². The molecule has 4 aromatic rings. The summed E-state index contributed by atoms with van der Waals surface area (Å²) in [7, 11) is 2.66. The first-order valence-corrected chi connectivity index (χ1v) is 11.5. The Bertz CT molecular complexity index is 1450. The second-order valence-corrected chi connectivity index (χ2v) is 9.22. The number of terminal acetylenes is 1. The first-order valence-electron chi connectivity index (χ1n) is 11.5. The van der Waals surface area contributed by atoms with E-state index in [-0.39, 0.29) is 17.8 Å². The minimum Gasteiger partial charge on any atom is -0.400 e. The molecular weight excluding hydrogens is 471 g/mol. The lowest BCUT2D eigenvalue weighted by Crippen LogP contribution is -2.22. The van der Waals surface area contributed by atoms with Crippen molar-refractivity contribution in [1.29, 1.82) is 0 Å². The lowest BCUT2D eigenvalue weighted by Gasteiger charge is -2.18. The van der Waals surface area contributed by atoms with Crippen LogP contribution in [0.5, 0.6) is 0 Å². The highest BCUT2D eigenvalue weighted by atomic mass is 19.1. The zero-order valence-electron chi connectivity index (χ0n) is 22.5. The fourth-order valence-electron chi connectivity index (χ4n) is 3.88. The van der Waals surface area contributed by atoms with Gasteiger partial charge in [0.15, 0.2) is 0 Å². The van der Waals surface area contributed by atoms with Gasteiger partial charge in [-0.1, -0.05) is 17.7 Å². The molecule has 0 unspecified atom stereocenters. The van der Waals surface area contributed by atoms with Crippen molar-refractivity contribution in [3.05, 3.63) is 75.6 Å². The molecule has 2 N–H and O–H groups in total. The van der Waals surface area contributed by atoms with Crippen LogP contribution in [0.15, 0.2) is 47.4 Å². The van der Waals surface area contributed by atoms with E-state index in [1.165, 1.54) is 10.6 Å². The number of carbonyl (C=O) groups excluding carboxylic acids is 1. The zero-order valence-corrected chi connectivity index (χ0v) is 22.5. The molecule has 0 amide bonds. The summed E-state index contributed by atoms with van der Waals surface area (Å²) in [6, 6.07) is 10.5. The van der Waals surface area contributed by atoms with Crippen LogP contribution in [0.3, 0.4) is 0 Å². The number of rotatable bonds is 3. The average Bonchev–Trinajstić information content (AvgIpc) is 2.85. The maximum Gasteiger partial charge on any atom is 0.258 e. The Labute approximate surface area is 217 Å². The highest BCUT2D eigenvalue weighted by Crippen LogP contribution is 2.36. The summed E-state index contributed by atoms with van der Waals surface area (Å²) in [5.41, 5.74) is 3.66. The molecule has 0 saturated carbocycles. The van der Waals surface area contributed by atoms with E-state index >= 15 is 0 Å². The number of aryl methyl sites for hydroxylation is 2. The van der Waals surface area contributed by atoms with E-state index in [1.54, 1.807) is 46.1 Å². The van der Waals surface area contributed by atoms with Gasteiger partial charge in [-0.2, -0.15) is 0 Å². The van der Waals surface area contributed by atoms with Gasteiger partial charge in [0, 0.05) is 54.4 Å². The van der Waals surface area contributed by atoms with Gasteiger partial charge in [0.1, 0.15) is 12.1 Å². The van der Waals surface area contributed by atoms with Gasteiger partial charge in [0.25, 0.3) is 5.56 Å². The average molecular weight is 507 g/mol. The second-order valence-electron chi connectivity index (χ2n) is 9.22. The molecule has 0 aliphatic rings. The Morgan fingerprint density at radius 3 is 2.22 bits per heavy atom. The maximum absolute atomic E-state index is 14.6. The van der Waals surface area contributed by atoms with Gasteiger partial charge in [0.2, 0.25) is 0 Å². The van der Waals surface area contributed by atoms with Crippen LogP contribution in [0.2, 0.25) is 0 Å². The molecular formula is C30H35FN2O4. The van der Waals surface area contributed by atoms with Crippen molar-refractivity contribution in [2.75, 3.05) is 7.11 Å². The van der Waals surface area contributed by atoms with Gasteiger partial charge in [-0.3, -0.25) is 9.78 Å². The van der Waals surface area contributed by atoms with Crippen LogP contribution in [-0.2, 0) is 18.3 Å². The number of fused-ring (bicyclic) bond motifs is 2. The molecule has 2 heterocycles. The van der Waals surface area contributed by atoms with E-state index in [1.807, 2.05) is 32.0 Å². The Morgan fingerprint density at radius 2 is 1.65 bits per heavy atom. The van der Waals surface area contributed by atoms with Crippen LogP contribution < -0.4 is 5.56 Å². The van der Waals surface area contributed by atoms with E-state index in [4.69, 9.17) is 10.2 Å². The van der Waals surface area contributed by atoms with E-state index < -0.39 is 5.60 Å². The summed E-state index contributed by atoms with van der Waals surface area (Å²) in [6.07, 6.45) is 10.5. The third-order valence-electron chi connectivity index (χ3n) is 5.27. The summed E-state index contributed by atoms with van der Waals surface area (Å²) in [5.74, 6) is -0.341. The highest BCUT2D eigenvalue weighted by molar-refractivity contribution is 6.05. The Balaban J connectivity index is 0.000000671. The number of aliphatic hydroxyl groups is 2. The fraction of sp³-hybridized carbons (Fsp3) is 0.300. The van der Waals surface area contributed by atoms with Crippen molar-refractivity contribution < 1.29 is 19.4 Å². The van der Waals surface area contributed by atoms with Crippen molar-refractivity contribution in [2.45, 2.75) is 46.6 Å². The van der Waals surface area contributed by atoms with Crippen molar-refractivity contribution in [3.8, 4) is 24.0 Å². The summed E-state index contributed by atoms with van der Waals surface area (Å²) >= 11 is 0. The second kappa shape index (κ2) is 13.4. The number of aliphatic hydroxyl groups excluding tert-OH is 1. The molecule has 2 aromatic carbocycles. The molecule has 0 saturated heterocycles. The number of hydrogen-bond acceptors (Lipinski definition) is 5. The fourth-order valence-corrected chi connectivity index (χ4v) is 3.88. The molecule has 2 aromatic heterocycles. The van der Waals surface area contributed by atoms with Crippen LogP contribution in [0, 0.1) is 32.5 Å². The van der Waals surface area contributed by atoms with Crippen LogP contribution in [0.4, 0.5) is 4.39 Å². The summed E-state index contributed by atoms with van der Waals surface area (Å²) in [6.45, 7) is 8.99. The maximum atomic E-state index is 14.6. The highest BCUT2D eigenvalue weighted by Gasteiger charge is 2.20. The van der Waals surface area contributed by atoms with E-state index in [9.17, 15) is 14.0 Å². The predicted molar refractivity (Wildman–Crippen MR) is 149 cm³/mol. The molecule has 0 spiro atoms. The Morgan fingerprint density at radius 1 is 1.05 bits per heavy atom. The minimum absolute atomic E-state index is 0.0789. The number of benzene rings is 2. The van der Waals surface area contributed by atoms with Gasteiger partial charge in [-0.05, 0) is 69.8 Å². The SMILES string of the molecule is C#C.CC(C)(C)O.CO.Cc1ccc2c(-c3ccc(F)c4c(C)ccnc34)c(CC=O)n(C)c(=O)c2c1. The molecule has 37 heavy (non-hydrogen) atoms. The molecule has 0 fully saturated rings. The Hall–Kier alpha value is -3.86. The predicted octanol–water partition coefficient (Wildman–Crippen LogP) is 4.89. The van der Waals surface area contributed by atoms with Gasteiger partial charge in [0.05, 0.1) is 11.1 Å². The van der Waals surface area contributed by atoms with Crippen LogP contribution in [0.1, 0.15) is 37.6 Å². The molecule has 0 bridgehead atoms. The third-order valence-corrected chi connectivity index (χ3v) is 5.27. The number of nitrogens with zero attached hydrogens (tertiary/aromatic N) is 2. The van der Waals surface area contributed by atoms with E-state index in [0.29, 0.717) is 27.5 Å². The lowest BCUT2D eigenvalue weighted by atomic mass is 9.92.